The molecule has 1 nitrogen and oxygen atoms in total. The molecule has 0 saturated carbocycles. The lowest BCUT2D eigenvalue weighted by atomic mass is 10.1. The highest BCUT2D eigenvalue weighted by Gasteiger charge is 2.04. The second-order valence-corrected chi connectivity index (χ2v) is 3.76. The molecule has 0 saturated heterocycles. The quantitative estimate of drug-likeness (QED) is 0.610. The van der Waals surface area contributed by atoms with Crippen LogP contribution >= 0.6 is 11.8 Å². The van der Waals surface area contributed by atoms with Gasteiger partial charge in [-0.15, -0.1) is 12.3 Å². The summed E-state index contributed by atoms with van der Waals surface area (Å²) in [5, 5.41) is 3.44. The van der Waals surface area contributed by atoms with Gasteiger partial charge in [0.2, 0.25) is 0 Å². The van der Waals surface area contributed by atoms with Crippen LogP contribution in [-0.4, -0.2) is 24.6 Å². The van der Waals surface area contributed by atoms with Gasteiger partial charge >= 0.3 is 0 Å². The molecule has 0 amide bonds. The summed E-state index contributed by atoms with van der Waals surface area (Å²) in [6.07, 6.45) is 10.6. The Labute approximate surface area is 80.7 Å². The number of thioether (sulfide) groups is 1. The monoisotopic (exact) mass is 185 g/mol. The van der Waals surface area contributed by atoms with E-state index in [0.717, 1.165) is 19.4 Å². The fourth-order valence-electron chi connectivity index (χ4n) is 1.15. The van der Waals surface area contributed by atoms with Gasteiger partial charge in [-0.2, -0.15) is 11.8 Å². The van der Waals surface area contributed by atoms with E-state index in [-0.39, 0.29) is 0 Å². The maximum absolute atomic E-state index is 5.22. The molecule has 0 radical (unpaired) electrons. The van der Waals surface area contributed by atoms with Crippen LogP contribution in [0.15, 0.2) is 0 Å². The van der Waals surface area contributed by atoms with Crippen molar-refractivity contribution in [3.8, 4) is 12.3 Å². The topological polar surface area (TPSA) is 12.0 Å². The Morgan fingerprint density at radius 3 is 2.75 bits per heavy atom. The lowest BCUT2D eigenvalue weighted by Crippen LogP contribution is -2.29. The Bertz CT molecular complexity index is 128. The molecule has 70 valence electrons. The molecule has 0 heterocycles. The first-order valence-corrected chi connectivity index (χ1v) is 5.90. The van der Waals surface area contributed by atoms with Crippen LogP contribution in [-0.2, 0) is 0 Å². The second kappa shape index (κ2) is 8.96. The van der Waals surface area contributed by atoms with Crippen molar-refractivity contribution < 1.29 is 0 Å². The zero-order valence-electron chi connectivity index (χ0n) is 8.10. The molecule has 1 atom stereocenters. The maximum atomic E-state index is 5.22. The van der Waals surface area contributed by atoms with Crippen molar-refractivity contribution in [3.63, 3.8) is 0 Å². The zero-order valence-corrected chi connectivity index (χ0v) is 8.91. The number of hydrogen-bond donors (Lipinski definition) is 1. The summed E-state index contributed by atoms with van der Waals surface area (Å²) in [5.74, 6) is 3.91. The molecule has 0 bridgehead atoms. The van der Waals surface area contributed by atoms with Crippen molar-refractivity contribution in [2.45, 2.75) is 32.2 Å². The first kappa shape index (κ1) is 11.9. The van der Waals surface area contributed by atoms with E-state index in [4.69, 9.17) is 6.42 Å². The molecule has 12 heavy (non-hydrogen) atoms. The van der Waals surface area contributed by atoms with Crippen molar-refractivity contribution in [1.82, 2.24) is 5.32 Å². The molecule has 0 aliphatic rings. The summed E-state index contributed by atoms with van der Waals surface area (Å²) in [6, 6.07) is 0.624. The van der Waals surface area contributed by atoms with Gasteiger partial charge < -0.3 is 5.32 Å². The van der Waals surface area contributed by atoms with Crippen LogP contribution < -0.4 is 5.32 Å². The zero-order chi connectivity index (χ0) is 9.23. The summed E-state index contributed by atoms with van der Waals surface area (Å²) in [7, 11) is 0. The molecule has 0 spiro atoms. The Hall–Kier alpha value is -0.130. The van der Waals surface area contributed by atoms with E-state index in [1.807, 2.05) is 11.8 Å². The van der Waals surface area contributed by atoms with Crippen molar-refractivity contribution in [1.29, 1.82) is 0 Å². The second-order valence-electron chi connectivity index (χ2n) is 2.78. The van der Waals surface area contributed by atoms with Gasteiger partial charge in [-0.05, 0) is 31.4 Å². The molecule has 0 aliphatic heterocycles. The van der Waals surface area contributed by atoms with Crippen LogP contribution in [0, 0.1) is 12.3 Å². The largest absolute Gasteiger partial charge is 0.314 e. The van der Waals surface area contributed by atoms with E-state index in [9.17, 15) is 0 Å². The molecular formula is C10H19NS. The van der Waals surface area contributed by atoms with Crippen molar-refractivity contribution in [2.75, 3.05) is 18.6 Å². The third-order valence-electron chi connectivity index (χ3n) is 1.80. The minimum Gasteiger partial charge on any atom is -0.314 e. The summed E-state index contributed by atoms with van der Waals surface area (Å²) in [5.41, 5.74) is 0. The van der Waals surface area contributed by atoms with Crippen molar-refractivity contribution in [3.05, 3.63) is 0 Å². The summed E-state index contributed by atoms with van der Waals surface area (Å²) in [4.78, 5) is 0. The minimum atomic E-state index is 0.624. The van der Waals surface area contributed by atoms with Gasteiger partial charge in [-0.25, -0.2) is 0 Å². The lowest BCUT2D eigenvalue weighted by molar-refractivity contribution is 0.490. The van der Waals surface area contributed by atoms with Gasteiger partial charge in [0, 0.05) is 12.5 Å². The summed E-state index contributed by atoms with van der Waals surface area (Å²) in [6.45, 7) is 3.19. The number of nitrogens with one attached hydrogen (secondary N) is 1. The van der Waals surface area contributed by atoms with E-state index in [1.165, 1.54) is 12.2 Å². The fourth-order valence-corrected chi connectivity index (χ4v) is 1.68. The van der Waals surface area contributed by atoms with Gasteiger partial charge in [-0.1, -0.05) is 6.92 Å². The van der Waals surface area contributed by atoms with E-state index in [1.54, 1.807) is 0 Å². The standard InChI is InChI=1S/C10H19NS/c1-4-6-7-10(11-5-2)8-9-12-3/h1,10-11H,5-9H2,2-3H3. The Balaban J connectivity index is 3.48. The molecule has 2 heteroatoms. The van der Waals surface area contributed by atoms with Gasteiger partial charge in [0.05, 0.1) is 0 Å². The minimum absolute atomic E-state index is 0.624. The van der Waals surface area contributed by atoms with E-state index in [0.29, 0.717) is 6.04 Å². The molecule has 0 aromatic carbocycles. The highest BCUT2D eigenvalue weighted by molar-refractivity contribution is 7.98. The highest BCUT2D eigenvalue weighted by atomic mass is 32.2. The van der Waals surface area contributed by atoms with Crippen LogP contribution in [0.25, 0.3) is 0 Å². The molecule has 0 rings (SSSR count). The summed E-state index contributed by atoms with van der Waals surface area (Å²) >= 11 is 1.90. The van der Waals surface area contributed by atoms with Gasteiger partial charge in [0.1, 0.15) is 0 Å². The first-order chi connectivity index (χ1) is 5.85. The van der Waals surface area contributed by atoms with E-state index in [2.05, 4.69) is 24.4 Å². The molecule has 0 aliphatic carbocycles. The number of hydrogen-bond acceptors (Lipinski definition) is 2. The third-order valence-corrected chi connectivity index (χ3v) is 2.44. The molecule has 0 aromatic heterocycles. The van der Waals surface area contributed by atoms with Crippen LogP contribution in [0.2, 0.25) is 0 Å². The SMILES string of the molecule is C#CCCC(CCSC)NCC. The molecule has 1 N–H and O–H groups in total. The van der Waals surface area contributed by atoms with Crippen molar-refractivity contribution >= 4 is 11.8 Å². The van der Waals surface area contributed by atoms with E-state index < -0.39 is 0 Å². The highest BCUT2D eigenvalue weighted by Crippen LogP contribution is 2.05. The van der Waals surface area contributed by atoms with Gasteiger partial charge in [0.15, 0.2) is 0 Å². The predicted octanol–water partition coefficient (Wildman–Crippen LogP) is 2.13. The Morgan fingerprint density at radius 2 is 2.25 bits per heavy atom. The molecule has 0 aromatic rings. The van der Waals surface area contributed by atoms with Crippen LogP contribution in [0.1, 0.15) is 26.2 Å². The maximum Gasteiger partial charge on any atom is 0.0101 e. The van der Waals surface area contributed by atoms with Gasteiger partial charge in [-0.3, -0.25) is 0 Å². The van der Waals surface area contributed by atoms with Crippen LogP contribution in [0.3, 0.4) is 0 Å². The van der Waals surface area contributed by atoms with Crippen LogP contribution in [0.4, 0.5) is 0 Å². The van der Waals surface area contributed by atoms with Crippen LogP contribution in [0.5, 0.6) is 0 Å². The third kappa shape index (κ3) is 6.57. The summed E-state index contributed by atoms with van der Waals surface area (Å²) < 4.78 is 0. The number of terminal acetylenes is 1. The van der Waals surface area contributed by atoms with Gasteiger partial charge in [0.25, 0.3) is 0 Å². The Morgan fingerprint density at radius 1 is 1.50 bits per heavy atom. The van der Waals surface area contributed by atoms with E-state index >= 15 is 0 Å². The molecule has 0 fully saturated rings. The average Bonchev–Trinajstić information content (AvgIpc) is 2.10. The normalized spacial score (nSPS) is 12.4. The lowest BCUT2D eigenvalue weighted by Gasteiger charge is -2.15. The number of rotatable bonds is 7. The predicted molar refractivity (Wildman–Crippen MR) is 58.5 cm³/mol. The first-order valence-electron chi connectivity index (χ1n) is 4.50. The fraction of sp³-hybridized carbons (Fsp3) is 0.800. The van der Waals surface area contributed by atoms with Crippen molar-refractivity contribution in [2.24, 2.45) is 0 Å². The average molecular weight is 185 g/mol. The molecule has 1 unspecified atom stereocenters. The smallest absolute Gasteiger partial charge is 0.0101 e. The molecular weight excluding hydrogens is 166 g/mol. The Kier molecular flexibility index (Phi) is 8.86.